The standard InChI is InChI=1S/C91H126N20O31S3/c1-47(92)77(128)108-65-42-143-44-68(116)95-27-33-142-34-28-96-69(117)45-144-43-66(109-79(130)49(3)97-82(133)60(37-53-17-12-16-52-15-10-11-18-55(52)53)104-80(131)56(23-25-71(119)120)99-85(136)61(38-67(93)115)101-78(129)48(2)98-88(65)139)89(140)100-57(24-26-72(121)122)81(132)105-62(39-73(123)124)86(137)103-58(35-50-13-8-7-9-14-50)83(134)102-59(36-51-19-21-54(114)22-20-51)84(135)106-63(40-74(125)126)87(138)110-75(91(4,5)6)90(141)107-64(76(94)127)41-145-46-70(118)111(29-31-112)30-32-113/h7-22,47-49,56-66,75,112-114H,23-46,92H2,1-6H3,(H2,93,115)(H2,94,127)(H,95,116)(H,96,117)(H,97,133)(H,98,139)(H,99,136)(H,100,140)(H,101,129)(H,102,134)(H,103,137)(H,104,131)(H,105,132)(H,106,135)(H,107,141)(H,108,128)(H,109,130)(H,110,138)(H,119,120)(H,121,122)(H,123,124)(H,125,126)/t47-,48+,49+,56-,57-,58-,59-,60-,61-,62-,63-,64-,65-,66-,75+/m0/s1. The van der Waals surface area contributed by atoms with Crippen LogP contribution in [-0.4, -0.2) is 355 Å². The molecular weight excluding hydrogens is 1970 g/mol. The van der Waals surface area contributed by atoms with Crippen molar-refractivity contribution in [2.75, 3.05) is 87.1 Å². The van der Waals surface area contributed by atoms with Crippen LogP contribution >= 0.6 is 35.3 Å². The second kappa shape index (κ2) is 61.6. The van der Waals surface area contributed by atoms with Gasteiger partial charge < -0.3 is 148 Å². The summed E-state index contributed by atoms with van der Waals surface area (Å²) in [6, 6.07) is -3.08. The molecule has 0 saturated carbocycles. The molecule has 145 heavy (non-hydrogen) atoms. The number of aliphatic carboxylic acids is 4. The van der Waals surface area contributed by atoms with E-state index >= 15 is 4.79 Å². The number of carboxylic acid groups (broad SMARTS) is 4. The molecule has 4 aromatic rings. The Kier molecular flexibility index (Phi) is 51.4. The van der Waals surface area contributed by atoms with Gasteiger partial charge in [0.2, 0.25) is 112 Å². The highest BCUT2D eigenvalue weighted by Crippen LogP contribution is 2.24. The van der Waals surface area contributed by atoms with E-state index in [0.717, 1.165) is 42.3 Å². The number of phenols is 1. The van der Waals surface area contributed by atoms with Gasteiger partial charge in [0, 0.05) is 75.5 Å². The summed E-state index contributed by atoms with van der Waals surface area (Å²) < 4.78 is 5.56. The fourth-order valence-corrected chi connectivity index (χ4v) is 16.5. The van der Waals surface area contributed by atoms with E-state index in [2.05, 4.69) is 85.1 Å². The van der Waals surface area contributed by atoms with Crippen LogP contribution in [0.4, 0.5) is 0 Å². The minimum absolute atomic E-state index is 0.0906. The van der Waals surface area contributed by atoms with Crippen molar-refractivity contribution < 1.29 is 151 Å². The maximum absolute atomic E-state index is 15.1. The Bertz CT molecular complexity index is 5230. The smallest absolute Gasteiger partial charge is 0.305 e. The number of rotatable bonds is 43. The summed E-state index contributed by atoms with van der Waals surface area (Å²) in [5.41, 5.74) is 16.5. The maximum Gasteiger partial charge on any atom is 0.305 e. The molecule has 0 bridgehead atoms. The number of nitrogens with one attached hydrogen (secondary N) is 16. The van der Waals surface area contributed by atoms with Gasteiger partial charge in [-0.2, -0.15) is 0 Å². The molecule has 4 aromatic carbocycles. The predicted octanol–water partition coefficient (Wildman–Crippen LogP) is -7.89. The van der Waals surface area contributed by atoms with E-state index in [1.807, 2.05) is 0 Å². The predicted molar refractivity (Wildman–Crippen MR) is 522 cm³/mol. The highest BCUT2D eigenvalue weighted by molar-refractivity contribution is 8.00. The lowest BCUT2D eigenvalue weighted by Crippen LogP contribution is -2.62. The number of ether oxygens (including phenoxy) is 1. The summed E-state index contributed by atoms with van der Waals surface area (Å²) >= 11 is 2.38. The zero-order valence-electron chi connectivity index (χ0n) is 80.2. The van der Waals surface area contributed by atoms with Crippen molar-refractivity contribution in [2.45, 2.75) is 196 Å². The van der Waals surface area contributed by atoms with Gasteiger partial charge in [0.05, 0.1) is 69.0 Å². The lowest BCUT2D eigenvalue weighted by molar-refractivity contribution is -0.142. The Morgan fingerprint density at radius 3 is 1.52 bits per heavy atom. The van der Waals surface area contributed by atoms with E-state index in [-0.39, 0.29) is 79.3 Å². The number of thioether (sulfide) groups is 3. The molecule has 29 N–H and O–H groups in total. The normalized spacial score (nSPS) is 19.3. The number of carbonyl (C=O) groups is 23. The lowest BCUT2D eigenvalue weighted by atomic mass is 9.85. The Labute approximate surface area is 844 Å². The number of aliphatic hydroxyl groups excluding tert-OH is 2. The Morgan fingerprint density at radius 1 is 0.510 bits per heavy atom. The number of carbonyl (C=O) groups excluding carboxylic acids is 19. The van der Waals surface area contributed by atoms with Gasteiger partial charge in [0.1, 0.15) is 90.3 Å². The van der Waals surface area contributed by atoms with Crippen molar-refractivity contribution in [3.05, 3.63) is 114 Å². The third-order valence-corrected chi connectivity index (χ3v) is 24.6. The minimum atomic E-state index is -2.30. The average Bonchev–Trinajstić information content (AvgIpc) is 0.815. The number of nitrogens with two attached hydrogens (primary N) is 3. The molecule has 1 aliphatic heterocycles. The van der Waals surface area contributed by atoms with Gasteiger partial charge in [-0.1, -0.05) is 106 Å². The Balaban J connectivity index is 1.52. The highest BCUT2D eigenvalue weighted by atomic mass is 32.2. The second-order valence-corrected chi connectivity index (χ2v) is 37.5. The molecule has 54 heteroatoms. The number of hydrogen-bond acceptors (Lipinski definition) is 31. The number of aliphatic hydroxyl groups is 2. The number of nitrogens with zero attached hydrogens (tertiary/aromatic N) is 1. The fraction of sp³-hybridized carbons (Fsp3) is 0.505. The average molecular weight is 2090 g/mol. The second-order valence-electron chi connectivity index (χ2n) is 34.5. The molecular formula is C91H126N20O31S3. The molecule has 0 unspecified atom stereocenters. The molecule has 1 fully saturated rings. The summed E-state index contributed by atoms with van der Waals surface area (Å²) in [6.45, 7) is 6.31. The van der Waals surface area contributed by atoms with E-state index in [9.17, 15) is 141 Å². The third-order valence-electron chi connectivity index (χ3n) is 21.5. The summed E-state index contributed by atoms with van der Waals surface area (Å²) in [6.07, 6.45) is -8.52. The maximum atomic E-state index is 15.1. The van der Waals surface area contributed by atoms with Gasteiger partial charge in [0.25, 0.3) is 0 Å². The number of fused-ring (bicyclic) bond motifs is 1. The summed E-state index contributed by atoms with van der Waals surface area (Å²) in [5.74, 6) is -30.6. The zero-order chi connectivity index (χ0) is 108. The van der Waals surface area contributed by atoms with Gasteiger partial charge >= 0.3 is 23.9 Å². The van der Waals surface area contributed by atoms with Crippen LogP contribution in [0.25, 0.3) is 10.8 Å². The first-order chi connectivity index (χ1) is 68.5. The van der Waals surface area contributed by atoms with E-state index in [1.54, 1.807) is 48.5 Å². The van der Waals surface area contributed by atoms with Crippen LogP contribution in [0.1, 0.15) is 103 Å². The number of phenolic OH excluding ortho intramolecular Hbond substituents is 1. The summed E-state index contributed by atoms with van der Waals surface area (Å²) in [5, 5.41) is 109. The number of amides is 19. The van der Waals surface area contributed by atoms with Crippen molar-refractivity contribution in [2.24, 2.45) is 22.6 Å². The fourth-order valence-electron chi connectivity index (χ4n) is 13.8. The van der Waals surface area contributed by atoms with Crippen molar-refractivity contribution in [3.8, 4) is 5.75 Å². The highest BCUT2D eigenvalue weighted by Gasteiger charge is 2.42. The SMILES string of the molecule is C[C@H](N)C(=O)N[C@H]1CSCC(=O)NCCOCCNC(=O)CSC[C@@H](C(=O)N[C@@H](CCC(=O)O)C(=O)N[C@@H](CC(=O)O)C(=O)N[C@@H](Cc2ccccc2)C(=O)N[C@@H](Cc2ccc(O)cc2)C(=O)N[C@@H](CC(=O)O)C(=O)N[C@H](C(=O)N[C@@H](CSCC(=O)N(CCO)CCO)C(N)=O)C(C)(C)C)NC(=O)[C@@H](C)NC(=O)[C@H](Cc2cccc3ccccc23)NC(=O)[C@H](CCC(=O)O)NC(=O)[C@H](CC(N)=O)NC(=O)[C@@H](C)NC1=O. The van der Waals surface area contributed by atoms with Crippen LogP contribution < -0.4 is 102 Å². The molecule has 51 nitrogen and oxygen atoms in total. The van der Waals surface area contributed by atoms with Gasteiger partial charge in [0.15, 0.2) is 0 Å². The van der Waals surface area contributed by atoms with Gasteiger partial charge in [-0.05, 0) is 78.6 Å². The quantitative estimate of drug-likeness (QED) is 0.0196. The largest absolute Gasteiger partial charge is 0.508 e. The molecule has 19 amide bonds. The molecule has 15 atom stereocenters. The molecule has 0 aliphatic carbocycles. The molecule has 794 valence electrons. The van der Waals surface area contributed by atoms with Crippen LogP contribution in [0.2, 0.25) is 0 Å². The van der Waals surface area contributed by atoms with E-state index < -0.39 is 321 Å². The van der Waals surface area contributed by atoms with Crippen LogP contribution in [0.15, 0.2) is 97.1 Å². The molecule has 0 spiro atoms. The minimum Gasteiger partial charge on any atom is -0.508 e. The molecule has 5 rings (SSSR count). The number of carboxylic acids is 4. The molecule has 0 radical (unpaired) electrons. The number of hydrogen-bond donors (Lipinski definition) is 26. The van der Waals surface area contributed by atoms with Crippen molar-refractivity contribution >= 4 is 182 Å². The van der Waals surface area contributed by atoms with E-state index in [0.29, 0.717) is 28.1 Å². The molecule has 0 aromatic heterocycles. The zero-order valence-corrected chi connectivity index (χ0v) is 82.7. The van der Waals surface area contributed by atoms with Crippen molar-refractivity contribution in [3.63, 3.8) is 0 Å². The molecule has 1 saturated heterocycles. The number of aromatic hydroxyl groups is 1. The first-order valence-corrected chi connectivity index (χ1v) is 49.0. The monoisotopic (exact) mass is 2090 g/mol. The van der Waals surface area contributed by atoms with Crippen molar-refractivity contribution in [1.29, 1.82) is 0 Å². The van der Waals surface area contributed by atoms with E-state index in [1.165, 1.54) is 76.2 Å². The van der Waals surface area contributed by atoms with Crippen LogP contribution in [0.5, 0.6) is 5.75 Å². The Hall–Kier alpha value is -14.4. The Morgan fingerprint density at radius 2 is 0.986 bits per heavy atom. The molecule has 1 aliphatic rings. The van der Waals surface area contributed by atoms with Gasteiger partial charge in [-0.25, -0.2) is 0 Å². The lowest BCUT2D eigenvalue weighted by Gasteiger charge is -2.33. The third kappa shape index (κ3) is 44.2. The van der Waals surface area contributed by atoms with Crippen LogP contribution in [-0.2, 0) is 134 Å². The van der Waals surface area contributed by atoms with Gasteiger partial charge in [-0.15, -0.1) is 35.3 Å². The first-order valence-electron chi connectivity index (χ1n) is 45.6. The number of primary amides is 2. The molecule has 1 heterocycles. The summed E-state index contributed by atoms with van der Waals surface area (Å²) in [4.78, 5) is 318. The van der Waals surface area contributed by atoms with Crippen LogP contribution in [0.3, 0.4) is 0 Å². The number of benzene rings is 4. The van der Waals surface area contributed by atoms with Crippen molar-refractivity contribution in [1.82, 2.24) is 90.0 Å². The summed E-state index contributed by atoms with van der Waals surface area (Å²) in [7, 11) is 0. The van der Waals surface area contributed by atoms with E-state index in [4.69, 9.17) is 21.9 Å². The first kappa shape index (κ1) is 121. The topological polar surface area (TPSA) is 817 Å². The van der Waals surface area contributed by atoms with Gasteiger partial charge in [-0.3, -0.25) is 110 Å². The van der Waals surface area contributed by atoms with Crippen LogP contribution in [0, 0.1) is 5.41 Å².